The Hall–Kier alpha value is -1.78. The first kappa shape index (κ1) is 12.7. The van der Waals surface area contributed by atoms with Crippen molar-refractivity contribution in [3.05, 3.63) is 42.1 Å². The summed E-state index contributed by atoms with van der Waals surface area (Å²) in [7, 11) is 0. The van der Waals surface area contributed by atoms with Crippen LogP contribution in [0, 0.1) is 0 Å². The lowest BCUT2D eigenvalue weighted by Gasteiger charge is -2.06. The predicted molar refractivity (Wildman–Crippen MR) is 63.0 cm³/mol. The van der Waals surface area contributed by atoms with E-state index < -0.39 is 11.7 Å². The van der Waals surface area contributed by atoms with Gasteiger partial charge in [0.15, 0.2) is 0 Å². The van der Waals surface area contributed by atoms with Crippen LogP contribution in [0.1, 0.15) is 18.9 Å². The summed E-state index contributed by atoms with van der Waals surface area (Å²) in [6, 6.07) is 6.85. The molecular formula is C13H13F3N2. The first-order valence-electron chi connectivity index (χ1n) is 5.72. The molecule has 1 aromatic carbocycles. The monoisotopic (exact) mass is 254 g/mol. The summed E-state index contributed by atoms with van der Waals surface area (Å²) in [4.78, 5) is 0. The van der Waals surface area contributed by atoms with Crippen LogP contribution in [0.5, 0.6) is 0 Å². The van der Waals surface area contributed by atoms with Gasteiger partial charge in [-0.2, -0.15) is 18.3 Å². The van der Waals surface area contributed by atoms with E-state index in [1.54, 1.807) is 10.7 Å². The maximum absolute atomic E-state index is 12.4. The molecule has 0 saturated heterocycles. The topological polar surface area (TPSA) is 17.8 Å². The molecule has 0 fully saturated rings. The van der Waals surface area contributed by atoms with Gasteiger partial charge in [0.05, 0.1) is 11.3 Å². The molecule has 0 aliphatic rings. The minimum Gasteiger partial charge on any atom is -0.272 e. The van der Waals surface area contributed by atoms with E-state index in [9.17, 15) is 13.2 Å². The molecule has 1 aromatic heterocycles. The molecule has 5 heteroatoms. The van der Waals surface area contributed by atoms with E-state index in [0.717, 1.165) is 25.1 Å². The molecule has 0 atom stereocenters. The van der Waals surface area contributed by atoms with Crippen molar-refractivity contribution >= 4 is 0 Å². The second-order valence-corrected chi connectivity index (χ2v) is 4.04. The summed E-state index contributed by atoms with van der Waals surface area (Å²) in [6.45, 7) is 2.85. The molecule has 0 spiro atoms. The normalized spacial score (nSPS) is 11.8. The quantitative estimate of drug-likeness (QED) is 0.810. The molecular weight excluding hydrogens is 241 g/mol. The first-order chi connectivity index (χ1) is 8.50. The minimum absolute atomic E-state index is 0.640. The maximum atomic E-state index is 12.4. The van der Waals surface area contributed by atoms with E-state index in [1.165, 1.54) is 12.1 Å². The summed E-state index contributed by atoms with van der Waals surface area (Å²) in [6.07, 6.45) is -1.50. The summed E-state index contributed by atoms with van der Waals surface area (Å²) < 4.78 is 39.0. The molecule has 0 aliphatic heterocycles. The van der Waals surface area contributed by atoms with Gasteiger partial charge >= 0.3 is 6.18 Å². The third-order valence-electron chi connectivity index (χ3n) is 2.60. The molecule has 0 aliphatic carbocycles. The van der Waals surface area contributed by atoms with E-state index in [-0.39, 0.29) is 0 Å². The van der Waals surface area contributed by atoms with Gasteiger partial charge in [0.2, 0.25) is 0 Å². The van der Waals surface area contributed by atoms with Crippen LogP contribution in [0.3, 0.4) is 0 Å². The van der Waals surface area contributed by atoms with Crippen molar-refractivity contribution in [3.8, 4) is 11.3 Å². The fourth-order valence-corrected chi connectivity index (χ4v) is 1.70. The summed E-state index contributed by atoms with van der Waals surface area (Å²) in [5.74, 6) is 0. The van der Waals surface area contributed by atoms with Gasteiger partial charge in [-0.25, -0.2) is 0 Å². The van der Waals surface area contributed by atoms with Crippen molar-refractivity contribution in [2.45, 2.75) is 26.1 Å². The van der Waals surface area contributed by atoms with Crippen LogP contribution in [-0.4, -0.2) is 9.78 Å². The standard InChI is InChI=1S/C13H13F3N2/c1-2-8-18-9-7-12(17-18)10-3-5-11(6-4-10)13(14,15)16/h3-7,9H,2,8H2,1H3. The van der Waals surface area contributed by atoms with E-state index in [0.29, 0.717) is 11.3 Å². The Morgan fingerprint density at radius 1 is 1.11 bits per heavy atom. The van der Waals surface area contributed by atoms with Gasteiger partial charge in [0.1, 0.15) is 0 Å². The van der Waals surface area contributed by atoms with E-state index in [2.05, 4.69) is 5.10 Å². The van der Waals surface area contributed by atoms with E-state index in [1.807, 2.05) is 13.1 Å². The molecule has 1 heterocycles. The van der Waals surface area contributed by atoms with Gasteiger partial charge in [-0.1, -0.05) is 19.1 Å². The van der Waals surface area contributed by atoms with Crippen LogP contribution >= 0.6 is 0 Å². The number of hydrogen-bond donors (Lipinski definition) is 0. The molecule has 0 bridgehead atoms. The average molecular weight is 254 g/mol. The van der Waals surface area contributed by atoms with E-state index in [4.69, 9.17) is 0 Å². The van der Waals surface area contributed by atoms with Crippen LogP contribution in [0.25, 0.3) is 11.3 Å². The number of hydrogen-bond acceptors (Lipinski definition) is 1. The van der Waals surface area contributed by atoms with Crippen LogP contribution < -0.4 is 0 Å². The van der Waals surface area contributed by atoms with Crippen molar-refractivity contribution in [1.29, 1.82) is 0 Å². The molecule has 0 amide bonds. The largest absolute Gasteiger partial charge is 0.416 e. The number of nitrogens with zero attached hydrogens (tertiary/aromatic N) is 2. The third-order valence-corrected chi connectivity index (χ3v) is 2.60. The molecule has 0 radical (unpaired) electrons. The summed E-state index contributed by atoms with van der Waals surface area (Å²) in [5.41, 5.74) is 0.745. The van der Waals surface area contributed by atoms with E-state index >= 15 is 0 Å². The molecule has 18 heavy (non-hydrogen) atoms. The molecule has 0 N–H and O–H groups in total. The highest BCUT2D eigenvalue weighted by molar-refractivity contribution is 5.58. The Labute approximate surface area is 103 Å². The Balaban J connectivity index is 2.23. The predicted octanol–water partition coefficient (Wildman–Crippen LogP) is 3.98. The number of rotatable bonds is 3. The Bertz CT molecular complexity index is 512. The third kappa shape index (κ3) is 2.72. The number of aromatic nitrogens is 2. The van der Waals surface area contributed by atoms with Crippen LogP contribution in [0.2, 0.25) is 0 Å². The zero-order valence-corrected chi connectivity index (χ0v) is 9.91. The highest BCUT2D eigenvalue weighted by Gasteiger charge is 2.29. The summed E-state index contributed by atoms with van der Waals surface area (Å²) >= 11 is 0. The summed E-state index contributed by atoms with van der Waals surface area (Å²) in [5, 5.41) is 4.30. The van der Waals surface area contributed by atoms with Gasteiger partial charge in [-0.3, -0.25) is 4.68 Å². The second kappa shape index (κ2) is 4.84. The van der Waals surface area contributed by atoms with Crippen LogP contribution in [0.4, 0.5) is 13.2 Å². The Morgan fingerprint density at radius 3 is 2.33 bits per heavy atom. The zero-order valence-electron chi connectivity index (χ0n) is 9.91. The lowest BCUT2D eigenvalue weighted by Crippen LogP contribution is -2.04. The molecule has 2 rings (SSSR count). The number of benzene rings is 1. The van der Waals surface area contributed by atoms with Crippen molar-refractivity contribution in [2.24, 2.45) is 0 Å². The first-order valence-corrected chi connectivity index (χ1v) is 5.72. The fraction of sp³-hybridized carbons (Fsp3) is 0.308. The van der Waals surface area contributed by atoms with Crippen LogP contribution in [-0.2, 0) is 12.7 Å². The van der Waals surface area contributed by atoms with Gasteiger partial charge in [0, 0.05) is 18.3 Å². The lowest BCUT2D eigenvalue weighted by atomic mass is 10.1. The minimum atomic E-state index is -4.29. The highest BCUT2D eigenvalue weighted by Crippen LogP contribution is 2.30. The number of alkyl halides is 3. The Morgan fingerprint density at radius 2 is 1.78 bits per heavy atom. The molecule has 0 unspecified atom stereocenters. The Kier molecular flexibility index (Phi) is 3.41. The van der Waals surface area contributed by atoms with Gasteiger partial charge < -0.3 is 0 Å². The fourth-order valence-electron chi connectivity index (χ4n) is 1.70. The zero-order chi connectivity index (χ0) is 13.2. The molecule has 0 saturated carbocycles. The lowest BCUT2D eigenvalue weighted by molar-refractivity contribution is -0.137. The molecule has 2 aromatic rings. The average Bonchev–Trinajstić information content (AvgIpc) is 2.77. The van der Waals surface area contributed by atoms with Gasteiger partial charge in [-0.15, -0.1) is 0 Å². The molecule has 96 valence electrons. The van der Waals surface area contributed by atoms with Crippen molar-refractivity contribution in [3.63, 3.8) is 0 Å². The second-order valence-electron chi connectivity index (χ2n) is 4.04. The number of halogens is 3. The SMILES string of the molecule is CCCn1ccc(-c2ccc(C(F)(F)F)cc2)n1. The van der Waals surface area contributed by atoms with Gasteiger partial charge in [-0.05, 0) is 24.6 Å². The smallest absolute Gasteiger partial charge is 0.272 e. The van der Waals surface area contributed by atoms with Crippen molar-refractivity contribution < 1.29 is 13.2 Å². The van der Waals surface area contributed by atoms with Crippen LogP contribution in [0.15, 0.2) is 36.5 Å². The van der Waals surface area contributed by atoms with Gasteiger partial charge in [0.25, 0.3) is 0 Å². The van der Waals surface area contributed by atoms with Crippen molar-refractivity contribution in [2.75, 3.05) is 0 Å². The highest BCUT2D eigenvalue weighted by atomic mass is 19.4. The number of aryl methyl sites for hydroxylation is 1. The van der Waals surface area contributed by atoms with Crippen molar-refractivity contribution in [1.82, 2.24) is 9.78 Å². The molecule has 2 nitrogen and oxygen atoms in total. The maximum Gasteiger partial charge on any atom is 0.416 e.